The highest BCUT2D eigenvalue weighted by molar-refractivity contribution is 5.40. The topological polar surface area (TPSA) is 48.8 Å². The van der Waals surface area contributed by atoms with Crippen molar-refractivity contribution in [1.82, 2.24) is 9.88 Å². The molecule has 3 rings (SSSR count). The molecule has 8 heteroatoms. The van der Waals surface area contributed by atoms with Gasteiger partial charge >= 0.3 is 6.18 Å². The third kappa shape index (κ3) is 5.59. The van der Waals surface area contributed by atoms with Gasteiger partial charge in [-0.1, -0.05) is 12.1 Å². The van der Waals surface area contributed by atoms with Crippen molar-refractivity contribution in [3.05, 3.63) is 53.7 Å². The lowest BCUT2D eigenvalue weighted by Gasteiger charge is -2.36. The number of hydrogen-bond acceptors (Lipinski definition) is 5. The van der Waals surface area contributed by atoms with E-state index in [1.807, 2.05) is 36.1 Å². The average Bonchev–Trinajstić information content (AvgIpc) is 2.67. The molecule has 1 atom stereocenters. The van der Waals surface area contributed by atoms with Gasteiger partial charge in [-0.15, -0.1) is 0 Å². The third-order valence-electron chi connectivity index (χ3n) is 4.67. The van der Waals surface area contributed by atoms with Gasteiger partial charge in [0, 0.05) is 38.9 Å². The first-order chi connectivity index (χ1) is 13.3. The Kier molecular flexibility index (Phi) is 6.41. The first kappa shape index (κ1) is 20.4. The molecule has 0 aliphatic carbocycles. The second-order valence-corrected chi connectivity index (χ2v) is 6.97. The van der Waals surface area contributed by atoms with Crippen LogP contribution in [0.4, 0.5) is 19.0 Å². The molecular weight excluding hydrogens is 371 g/mol. The van der Waals surface area contributed by atoms with E-state index in [0.29, 0.717) is 38.5 Å². The van der Waals surface area contributed by atoms with Crippen LogP contribution in [0.25, 0.3) is 0 Å². The molecule has 0 bridgehead atoms. The lowest BCUT2D eigenvalue weighted by Crippen LogP contribution is -2.49. The molecule has 2 aromatic rings. The number of hydrogen-bond donors (Lipinski definition) is 1. The number of alkyl halides is 3. The Morgan fingerprint density at radius 3 is 2.50 bits per heavy atom. The number of halogens is 3. The summed E-state index contributed by atoms with van der Waals surface area (Å²) < 4.78 is 43.5. The summed E-state index contributed by atoms with van der Waals surface area (Å²) in [6.45, 7) is 5.36. The Hall–Kier alpha value is -2.32. The van der Waals surface area contributed by atoms with Gasteiger partial charge in [-0.25, -0.2) is 4.98 Å². The highest BCUT2D eigenvalue weighted by Crippen LogP contribution is 2.29. The normalized spacial score (nSPS) is 16.8. The quantitative estimate of drug-likeness (QED) is 0.815. The van der Waals surface area contributed by atoms with Crippen LogP contribution in [-0.4, -0.2) is 60.4 Å². The van der Waals surface area contributed by atoms with Crippen LogP contribution in [0.3, 0.4) is 0 Å². The van der Waals surface area contributed by atoms with Crippen molar-refractivity contribution < 1.29 is 23.0 Å². The van der Waals surface area contributed by atoms with Crippen LogP contribution in [0.1, 0.15) is 11.1 Å². The van der Waals surface area contributed by atoms with Gasteiger partial charge in [-0.3, -0.25) is 4.90 Å². The number of aliphatic hydroxyl groups excluding tert-OH is 1. The molecule has 1 saturated heterocycles. The number of aliphatic hydroxyl groups is 1. The molecule has 0 saturated carbocycles. The number of aryl methyl sites for hydroxylation is 1. The van der Waals surface area contributed by atoms with Gasteiger partial charge in [-0.05, 0) is 36.8 Å². The van der Waals surface area contributed by atoms with Crippen LogP contribution >= 0.6 is 0 Å². The highest BCUT2D eigenvalue weighted by atomic mass is 19.4. The average molecular weight is 395 g/mol. The molecule has 0 spiro atoms. The fourth-order valence-corrected chi connectivity index (χ4v) is 3.15. The number of ether oxygens (including phenoxy) is 1. The summed E-state index contributed by atoms with van der Waals surface area (Å²) in [5.74, 6) is 1.27. The van der Waals surface area contributed by atoms with Crippen molar-refractivity contribution in [2.45, 2.75) is 19.2 Å². The predicted octanol–water partition coefficient (Wildman–Crippen LogP) is 2.97. The van der Waals surface area contributed by atoms with Gasteiger partial charge in [-0.2, -0.15) is 13.2 Å². The minimum Gasteiger partial charge on any atom is -0.491 e. The molecule has 0 amide bonds. The zero-order valence-electron chi connectivity index (χ0n) is 15.7. The fourth-order valence-electron chi connectivity index (χ4n) is 3.15. The van der Waals surface area contributed by atoms with Crippen LogP contribution in [0.15, 0.2) is 42.6 Å². The molecule has 1 aliphatic heterocycles. The summed E-state index contributed by atoms with van der Waals surface area (Å²) in [6.07, 6.45) is -4.12. The maximum atomic E-state index is 12.6. The number of β-amino-alcohol motifs (C(OH)–C–C–N with tert-alkyl or cyclic N) is 1. The van der Waals surface area contributed by atoms with Crippen LogP contribution in [0.5, 0.6) is 5.75 Å². The third-order valence-corrected chi connectivity index (χ3v) is 4.67. The number of piperazine rings is 1. The number of anilines is 1. The molecule has 2 heterocycles. The summed E-state index contributed by atoms with van der Waals surface area (Å²) >= 11 is 0. The van der Waals surface area contributed by atoms with E-state index in [0.717, 1.165) is 23.6 Å². The molecular formula is C20H24F3N3O2. The van der Waals surface area contributed by atoms with Crippen molar-refractivity contribution in [1.29, 1.82) is 0 Å². The predicted molar refractivity (Wildman–Crippen MR) is 101 cm³/mol. The molecule has 1 N–H and O–H groups in total. The monoisotopic (exact) mass is 395 g/mol. The Bertz CT molecular complexity index is 760. The van der Waals surface area contributed by atoms with Crippen molar-refractivity contribution in [2.75, 3.05) is 44.2 Å². The second-order valence-electron chi connectivity index (χ2n) is 6.97. The van der Waals surface area contributed by atoms with E-state index in [1.165, 1.54) is 6.07 Å². The molecule has 0 radical (unpaired) electrons. The highest BCUT2D eigenvalue weighted by Gasteiger charge is 2.31. The van der Waals surface area contributed by atoms with Gasteiger partial charge in [0.05, 0.1) is 5.56 Å². The minimum absolute atomic E-state index is 0.212. The maximum absolute atomic E-state index is 12.6. The summed E-state index contributed by atoms with van der Waals surface area (Å²) in [6, 6.07) is 10.1. The van der Waals surface area contributed by atoms with Crippen LogP contribution in [0, 0.1) is 6.92 Å². The summed E-state index contributed by atoms with van der Waals surface area (Å²) in [5, 5.41) is 10.2. The van der Waals surface area contributed by atoms with E-state index in [9.17, 15) is 18.3 Å². The lowest BCUT2D eigenvalue weighted by molar-refractivity contribution is -0.137. The molecule has 28 heavy (non-hydrogen) atoms. The van der Waals surface area contributed by atoms with Crippen LogP contribution in [-0.2, 0) is 6.18 Å². The Morgan fingerprint density at radius 1 is 1.14 bits per heavy atom. The zero-order valence-corrected chi connectivity index (χ0v) is 15.7. The summed E-state index contributed by atoms with van der Waals surface area (Å²) in [7, 11) is 0. The zero-order chi connectivity index (χ0) is 20.1. The van der Waals surface area contributed by atoms with Crippen LogP contribution < -0.4 is 9.64 Å². The largest absolute Gasteiger partial charge is 0.491 e. The van der Waals surface area contributed by atoms with E-state index < -0.39 is 17.8 Å². The lowest BCUT2D eigenvalue weighted by atomic mass is 10.2. The summed E-state index contributed by atoms with van der Waals surface area (Å²) in [4.78, 5) is 8.01. The van der Waals surface area contributed by atoms with Crippen molar-refractivity contribution in [2.24, 2.45) is 0 Å². The number of aromatic nitrogens is 1. The number of pyridine rings is 1. The Balaban J connectivity index is 1.43. The minimum atomic E-state index is -4.37. The van der Waals surface area contributed by atoms with E-state index >= 15 is 0 Å². The van der Waals surface area contributed by atoms with Gasteiger partial charge in [0.25, 0.3) is 0 Å². The van der Waals surface area contributed by atoms with Crippen LogP contribution in [0.2, 0.25) is 0 Å². The number of benzene rings is 1. The first-order valence-electron chi connectivity index (χ1n) is 9.19. The number of nitrogens with zero attached hydrogens (tertiary/aromatic N) is 3. The van der Waals surface area contributed by atoms with Gasteiger partial charge in [0.2, 0.25) is 0 Å². The molecule has 5 nitrogen and oxygen atoms in total. The molecule has 1 fully saturated rings. The molecule has 1 aromatic carbocycles. The SMILES string of the molecule is Cc1cccc(OCC(O)CN2CCN(c3ccc(C(F)(F)F)cn3)CC2)c1. The van der Waals surface area contributed by atoms with Crippen molar-refractivity contribution >= 4 is 5.82 Å². The Morgan fingerprint density at radius 2 is 1.89 bits per heavy atom. The van der Waals surface area contributed by atoms with Gasteiger partial charge in [0.1, 0.15) is 24.3 Å². The maximum Gasteiger partial charge on any atom is 0.417 e. The Labute approximate surface area is 162 Å². The molecule has 1 aromatic heterocycles. The van der Waals surface area contributed by atoms with Gasteiger partial charge in [0.15, 0.2) is 0 Å². The fraction of sp³-hybridized carbons (Fsp3) is 0.450. The molecule has 1 aliphatic rings. The van der Waals surface area contributed by atoms with E-state index in [4.69, 9.17) is 4.74 Å². The second kappa shape index (κ2) is 8.79. The van der Waals surface area contributed by atoms with Crippen molar-refractivity contribution in [3.63, 3.8) is 0 Å². The number of rotatable bonds is 6. The molecule has 1 unspecified atom stereocenters. The first-order valence-corrected chi connectivity index (χ1v) is 9.19. The van der Waals surface area contributed by atoms with Crippen molar-refractivity contribution in [3.8, 4) is 5.75 Å². The standard InChI is InChI=1S/C20H24F3N3O2/c1-15-3-2-4-18(11-15)28-14-17(27)13-25-7-9-26(10-8-25)19-6-5-16(12-24-19)20(21,22)23/h2-6,11-12,17,27H,7-10,13-14H2,1H3. The van der Waals surface area contributed by atoms with E-state index in [-0.39, 0.29) is 6.61 Å². The smallest absolute Gasteiger partial charge is 0.417 e. The van der Waals surface area contributed by atoms with E-state index in [1.54, 1.807) is 0 Å². The van der Waals surface area contributed by atoms with E-state index in [2.05, 4.69) is 9.88 Å². The van der Waals surface area contributed by atoms with Gasteiger partial charge < -0.3 is 14.7 Å². The molecule has 152 valence electrons. The summed E-state index contributed by atoms with van der Waals surface area (Å²) in [5.41, 5.74) is 0.353.